The number of hydrogen-bond acceptors (Lipinski definition) is 4. The van der Waals surface area contributed by atoms with Crippen molar-refractivity contribution in [3.63, 3.8) is 0 Å². The predicted octanol–water partition coefficient (Wildman–Crippen LogP) is 2.54. The largest absolute Gasteiger partial charge is 0.481 e. The second-order valence-corrected chi connectivity index (χ2v) is 7.09. The van der Waals surface area contributed by atoms with Crippen molar-refractivity contribution in [2.75, 3.05) is 13.1 Å². The second kappa shape index (κ2) is 8.11. The van der Waals surface area contributed by atoms with E-state index in [1.165, 1.54) is 5.56 Å². The van der Waals surface area contributed by atoms with Crippen LogP contribution in [0.25, 0.3) is 0 Å². The molecular weight excluding hydrogens is 338 g/mol. The van der Waals surface area contributed by atoms with Crippen LogP contribution in [-0.2, 0) is 24.2 Å². The zero-order valence-corrected chi connectivity index (χ0v) is 14.7. The number of carboxylic acid groups (broad SMARTS) is 1. The van der Waals surface area contributed by atoms with E-state index in [9.17, 15) is 9.59 Å². The van der Waals surface area contributed by atoms with Crippen LogP contribution < -0.4 is 5.32 Å². The first kappa shape index (κ1) is 17.4. The van der Waals surface area contributed by atoms with Gasteiger partial charge in [0.05, 0.1) is 23.2 Å². The number of aryl methyl sites for hydroxylation is 2. The summed E-state index contributed by atoms with van der Waals surface area (Å²) >= 11 is 1.60. The average Bonchev–Trinajstić information content (AvgIpc) is 3.28. The molecule has 1 aliphatic rings. The number of nitrogens with one attached hydrogen (secondary N) is 1. The molecule has 1 atom stereocenters. The zero-order chi connectivity index (χ0) is 17.6. The third-order valence-electron chi connectivity index (χ3n) is 4.32. The van der Waals surface area contributed by atoms with Gasteiger partial charge in [0.25, 0.3) is 0 Å². The van der Waals surface area contributed by atoms with Gasteiger partial charge in [-0.1, -0.05) is 30.3 Å². The molecule has 6 nitrogen and oxygen atoms in total. The average molecular weight is 359 g/mol. The number of thiazole rings is 1. The maximum atomic E-state index is 12.1. The summed E-state index contributed by atoms with van der Waals surface area (Å²) in [5.74, 6) is -1.28. The van der Waals surface area contributed by atoms with Crippen LogP contribution in [0.1, 0.15) is 22.7 Å². The molecule has 2 aromatic rings. The number of likely N-dealkylation sites (tertiary alicyclic amines) is 1. The van der Waals surface area contributed by atoms with Gasteiger partial charge in [0, 0.05) is 24.9 Å². The second-order valence-electron chi connectivity index (χ2n) is 6.15. The van der Waals surface area contributed by atoms with Crippen molar-refractivity contribution in [2.24, 2.45) is 5.92 Å². The van der Waals surface area contributed by atoms with Gasteiger partial charge in [-0.15, -0.1) is 11.3 Å². The number of aliphatic carboxylic acids is 1. The lowest BCUT2D eigenvalue weighted by molar-refractivity contribution is -0.141. The van der Waals surface area contributed by atoms with Gasteiger partial charge in [-0.25, -0.2) is 9.78 Å². The van der Waals surface area contributed by atoms with Gasteiger partial charge in [-0.05, 0) is 18.4 Å². The molecule has 1 saturated heterocycles. The molecule has 1 fully saturated rings. The number of carboxylic acids is 1. The van der Waals surface area contributed by atoms with Crippen LogP contribution >= 0.6 is 11.3 Å². The Morgan fingerprint density at radius 3 is 2.80 bits per heavy atom. The van der Waals surface area contributed by atoms with E-state index in [2.05, 4.69) is 22.4 Å². The Kier molecular flexibility index (Phi) is 5.65. The SMILES string of the molecule is O=C(O)C1CCN(C(=O)NCc2csc(CCc3ccccc3)n2)C1. The van der Waals surface area contributed by atoms with Crippen LogP contribution in [0.4, 0.5) is 4.79 Å². The number of carbonyl (C=O) groups excluding carboxylic acids is 1. The van der Waals surface area contributed by atoms with Crippen molar-refractivity contribution >= 4 is 23.3 Å². The summed E-state index contributed by atoms with van der Waals surface area (Å²) in [6, 6.07) is 10.1. The number of urea groups is 1. The summed E-state index contributed by atoms with van der Waals surface area (Å²) in [6.45, 7) is 1.14. The van der Waals surface area contributed by atoms with E-state index in [1.807, 2.05) is 23.6 Å². The fraction of sp³-hybridized carbons (Fsp3) is 0.389. The summed E-state index contributed by atoms with van der Waals surface area (Å²) in [7, 11) is 0. The molecule has 0 bridgehead atoms. The molecule has 0 aliphatic carbocycles. The van der Waals surface area contributed by atoms with Crippen molar-refractivity contribution in [3.8, 4) is 0 Å². The lowest BCUT2D eigenvalue weighted by Crippen LogP contribution is -2.38. The number of hydrogen-bond donors (Lipinski definition) is 2. The molecule has 7 heteroatoms. The number of carbonyl (C=O) groups is 2. The van der Waals surface area contributed by atoms with E-state index < -0.39 is 11.9 Å². The number of rotatable bonds is 6. The van der Waals surface area contributed by atoms with E-state index in [1.54, 1.807) is 16.2 Å². The quantitative estimate of drug-likeness (QED) is 0.830. The summed E-state index contributed by atoms with van der Waals surface area (Å²) in [5.41, 5.74) is 2.13. The standard InChI is InChI=1S/C18H21N3O3S/c22-17(23)14-8-9-21(11-14)18(24)19-10-15-12-25-16(20-15)7-6-13-4-2-1-3-5-13/h1-5,12,14H,6-11H2,(H,19,24)(H,22,23). The third kappa shape index (κ3) is 4.79. The summed E-state index contributed by atoms with van der Waals surface area (Å²) in [4.78, 5) is 29.2. The van der Waals surface area contributed by atoms with Crippen LogP contribution in [0.5, 0.6) is 0 Å². The Labute approximate surface area is 150 Å². The molecule has 0 radical (unpaired) electrons. The van der Waals surface area contributed by atoms with Gasteiger partial charge in [0.15, 0.2) is 0 Å². The van der Waals surface area contributed by atoms with Gasteiger partial charge in [0.1, 0.15) is 0 Å². The third-order valence-corrected chi connectivity index (χ3v) is 5.27. The van der Waals surface area contributed by atoms with Crippen LogP contribution in [0.15, 0.2) is 35.7 Å². The van der Waals surface area contributed by atoms with Crippen molar-refractivity contribution in [1.29, 1.82) is 0 Å². The molecule has 2 N–H and O–H groups in total. The van der Waals surface area contributed by atoms with Crippen LogP contribution in [0.2, 0.25) is 0 Å². The smallest absolute Gasteiger partial charge is 0.317 e. The van der Waals surface area contributed by atoms with Gasteiger partial charge in [-0.2, -0.15) is 0 Å². The fourth-order valence-corrected chi connectivity index (χ4v) is 3.66. The molecule has 1 unspecified atom stereocenters. The Bertz CT molecular complexity index is 732. The van der Waals surface area contributed by atoms with E-state index in [4.69, 9.17) is 5.11 Å². The molecule has 25 heavy (non-hydrogen) atoms. The van der Waals surface area contributed by atoms with Gasteiger partial charge in [0.2, 0.25) is 0 Å². The minimum atomic E-state index is -0.835. The summed E-state index contributed by atoms with van der Waals surface area (Å²) in [6.07, 6.45) is 2.35. The van der Waals surface area contributed by atoms with Gasteiger partial charge in [-0.3, -0.25) is 4.79 Å². The molecule has 2 amide bonds. The zero-order valence-electron chi connectivity index (χ0n) is 13.9. The maximum absolute atomic E-state index is 12.1. The molecule has 1 aromatic carbocycles. The molecule has 3 rings (SSSR count). The molecule has 0 spiro atoms. The van der Waals surface area contributed by atoms with E-state index in [0.717, 1.165) is 23.5 Å². The normalized spacial score (nSPS) is 16.8. The molecule has 1 aliphatic heterocycles. The van der Waals surface area contributed by atoms with Crippen molar-refractivity contribution in [3.05, 3.63) is 52.0 Å². The van der Waals surface area contributed by atoms with Crippen LogP contribution in [0.3, 0.4) is 0 Å². The minimum Gasteiger partial charge on any atom is -0.481 e. The maximum Gasteiger partial charge on any atom is 0.317 e. The first-order valence-corrected chi connectivity index (χ1v) is 9.22. The van der Waals surface area contributed by atoms with E-state index in [0.29, 0.717) is 19.5 Å². The highest BCUT2D eigenvalue weighted by atomic mass is 32.1. The Morgan fingerprint density at radius 2 is 2.08 bits per heavy atom. The van der Waals surface area contributed by atoms with E-state index >= 15 is 0 Å². The highest BCUT2D eigenvalue weighted by Crippen LogP contribution is 2.17. The summed E-state index contributed by atoms with van der Waals surface area (Å²) in [5, 5.41) is 14.8. The first-order valence-electron chi connectivity index (χ1n) is 8.34. The molecule has 1 aromatic heterocycles. The van der Waals surface area contributed by atoms with Gasteiger partial charge >= 0.3 is 12.0 Å². The lowest BCUT2D eigenvalue weighted by atomic mass is 10.1. The number of benzene rings is 1. The topological polar surface area (TPSA) is 82.5 Å². The fourth-order valence-electron chi connectivity index (χ4n) is 2.87. The predicted molar refractivity (Wildman–Crippen MR) is 95.5 cm³/mol. The van der Waals surface area contributed by atoms with Crippen LogP contribution in [0, 0.1) is 5.92 Å². The summed E-state index contributed by atoms with van der Waals surface area (Å²) < 4.78 is 0. The van der Waals surface area contributed by atoms with Crippen molar-refractivity contribution in [2.45, 2.75) is 25.8 Å². The molecule has 2 heterocycles. The number of amides is 2. The van der Waals surface area contributed by atoms with Gasteiger partial charge < -0.3 is 15.3 Å². The molecular formula is C18H21N3O3S. The Morgan fingerprint density at radius 1 is 1.28 bits per heavy atom. The van der Waals surface area contributed by atoms with Crippen molar-refractivity contribution < 1.29 is 14.7 Å². The first-order chi connectivity index (χ1) is 12.1. The number of nitrogens with zero attached hydrogens (tertiary/aromatic N) is 2. The Balaban J connectivity index is 1.44. The monoisotopic (exact) mass is 359 g/mol. The van der Waals surface area contributed by atoms with Crippen molar-refractivity contribution in [1.82, 2.24) is 15.2 Å². The van der Waals surface area contributed by atoms with E-state index in [-0.39, 0.29) is 12.6 Å². The molecule has 132 valence electrons. The minimum absolute atomic E-state index is 0.220. The lowest BCUT2D eigenvalue weighted by Gasteiger charge is -2.16. The van der Waals surface area contributed by atoms with Crippen LogP contribution in [-0.4, -0.2) is 40.1 Å². The molecule has 0 saturated carbocycles. The Hall–Kier alpha value is -2.41. The highest BCUT2D eigenvalue weighted by Gasteiger charge is 2.30. The number of aromatic nitrogens is 1. The highest BCUT2D eigenvalue weighted by molar-refractivity contribution is 7.09.